The number of carbonyl (C=O) groups is 1. The topological polar surface area (TPSA) is 70.6 Å². The van der Waals surface area contributed by atoms with Gasteiger partial charge in [-0.3, -0.25) is 4.90 Å². The molecule has 1 N–H and O–H groups in total. The molecule has 1 spiro atoms. The third kappa shape index (κ3) is 3.43. The molecular weight excluding hydrogens is 402 g/mol. The quantitative estimate of drug-likeness (QED) is 0.744. The van der Waals surface area contributed by atoms with Gasteiger partial charge in [-0.05, 0) is 57.1 Å². The van der Waals surface area contributed by atoms with Gasteiger partial charge >= 0.3 is 6.03 Å². The van der Waals surface area contributed by atoms with Gasteiger partial charge in [-0.15, -0.1) is 0 Å². The molecule has 2 aliphatic carbocycles. The maximum atomic E-state index is 13.7. The monoisotopic (exact) mass is 435 g/mol. The number of hydrogen-bond acceptors (Lipinski definition) is 5. The van der Waals surface area contributed by atoms with Crippen LogP contribution in [0.2, 0.25) is 0 Å². The second kappa shape index (κ2) is 8.35. The van der Waals surface area contributed by atoms with E-state index in [1.807, 2.05) is 0 Å². The summed E-state index contributed by atoms with van der Waals surface area (Å²) in [6, 6.07) is 10.8. The normalized spacial score (nSPS) is 28.2. The van der Waals surface area contributed by atoms with Gasteiger partial charge in [-0.2, -0.15) is 0 Å². The van der Waals surface area contributed by atoms with Gasteiger partial charge in [0.2, 0.25) is 0 Å². The lowest BCUT2D eigenvalue weighted by Gasteiger charge is -2.49. The molecule has 2 amide bonds. The number of ether oxygens (including phenoxy) is 1. The van der Waals surface area contributed by atoms with Crippen molar-refractivity contribution in [1.82, 2.24) is 20.2 Å². The average Bonchev–Trinajstić information content (AvgIpc) is 3.08. The van der Waals surface area contributed by atoms with Crippen LogP contribution in [0, 0.1) is 5.92 Å². The standard InChI is InChI=1S/C25H33N5O2/c1-26-25(20-9-4-3-5-10-20)13-11-24(12-14-25)18-29(21-22(32-2)28-16-15-27-21)23(31)30(24)17-19-7-6-8-19/h3-5,9-10,15-16,19,26H,6-8,11-14,17-18H2,1-2H3. The van der Waals surface area contributed by atoms with Crippen LogP contribution in [0.4, 0.5) is 10.6 Å². The van der Waals surface area contributed by atoms with Gasteiger partial charge in [0.25, 0.3) is 5.88 Å². The van der Waals surface area contributed by atoms with E-state index < -0.39 is 0 Å². The molecule has 32 heavy (non-hydrogen) atoms. The van der Waals surface area contributed by atoms with E-state index in [0.29, 0.717) is 24.2 Å². The van der Waals surface area contributed by atoms with E-state index in [1.54, 1.807) is 24.4 Å². The van der Waals surface area contributed by atoms with Crippen LogP contribution < -0.4 is 15.0 Å². The van der Waals surface area contributed by atoms with Gasteiger partial charge in [0.15, 0.2) is 5.82 Å². The molecule has 0 unspecified atom stereocenters. The van der Waals surface area contributed by atoms with Crippen LogP contribution in [-0.4, -0.2) is 53.7 Å². The van der Waals surface area contributed by atoms with Crippen LogP contribution in [0.25, 0.3) is 0 Å². The highest BCUT2D eigenvalue weighted by atomic mass is 16.5. The molecule has 2 saturated carbocycles. The van der Waals surface area contributed by atoms with Crippen molar-refractivity contribution < 1.29 is 9.53 Å². The van der Waals surface area contributed by atoms with Crippen LogP contribution in [-0.2, 0) is 5.54 Å². The Labute approximate surface area is 190 Å². The van der Waals surface area contributed by atoms with E-state index in [2.05, 4.69) is 57.6 Å². The fourth-order valence-electron chi connectivity index (χ4n) is 5.82. The molecule has 1 aromatic carbocycles. The molecular formula is C25H33N5O2. The van der Waals surface area contributed by atoms with Gasteiger partial charge < -0.3 is 15.0 Å². The summed E-state index contributed by atoms with van der Waals surface area (Å²) in [4.78, 5) is 26.5. The third-order valence-electron chi connectivity index (χ3n) is 8.09. The minimum absolute atomic E-state index is 0.0463. The van der Waals surface area contributed by atoms with Crippen LogP contribution in [0.15, 0.2) is 42.7 Å². The zero-order chi connectivity index (χ0) is 22.2. The van der Waals surface area contributed by atoms with Gasteiger partial charge in [-0.1, -0.05) is 36.8 Å². The number of amides is 2. The molecule has 170 valence electrons. The minimum atomic E-state index is -0.176. The number of aromatic nitrogens is 2. The number of methoxy groups -OCH3 is 1. The maximum Gasteiger partial charge on any atom is 0.326 e. The van der Waals surface area contributed by atoms with Crippen molar-refractivity contribution in [3.63, 3.8) is 0 Å². The Morgan fingerprint density at radius 2 is 1.81 bits per heavy atom. The highest BCUT2D eigenvalue weighted by Gasteiger charge is 2.55. The Kier molecular flexibility index (Phi) is 5.53. The second-order valence-electron chi connectivity index (χ2n) is 9.59. The predicted octanol–water partition coefficient (Wildman–Crippen LogP) is 3.96. The summed E-state index contributed by atoms with van der Waals surface area (Å²) in [5.74, 6) is 1.56. The largest absolute Gasteiger partial charge is 0.478 e. The Bertz CT molecular complexity index is 954. The maximum absolute atomic E-state index is 13.7. The minimum Gasteiger partial charge on any atom is -0.478 e. The van der Waals surface area contributed by atoms with Gasteiger partial charge in [-0.25, -0.2) is 14.8 Å². The first-order valence-electron chi connectivity index (χ1n) is 11.8. The lowest BCUT2D eigenvalue weighted by atomic mass is 9.68. The molecule has 2 aromatic rings. The van der Waals surface area contributed by atoms with E-state index in [-0.39, 0.29) is 17.1 Å². The van der Waals surface area contributed by atoms with Gasteiger partial charge in [0, 0.05) is 24.5 Å². The molecule has 1 aliphatic heterocycles. The molecule has 7 heteroatoms. The van der Waals surface area contributed by atoms with E-state index in [9.17, 15) is 4.79 Å². The van der Waals surface area contributed by atoms with E-state index in [1.165, 1.54) is 24.8 Å². The fraction of sp³-hybridized carbons (Fsp3) is 0.560. The smallest absolute Gasteiger partial charge is 0.326 e. The first-order chi connectivity index (χ1) is 15.6. The summed E-state index contributed by atoms with van der Waals surface area (Å²) < 4.78 is 5.44. The predicted molar refractivity (Wildman–Crippen MR) is 124 cm³/mol. The van der Waals surface area contributed by atoms with Crippen LogP contribution >= 0.6 is 0 Å². The number of hydrogen-bond donors (Lipinski definition) is 1. The number of nitrogens with one attached hydrogen (secondary N) is 1. The van der Waals surface area contributed by atoms with Gasteiger partial charge in [0.05, 0.1) is 19.2 Å². The van der Waals surface area contributed by atoms with Crippen molar-refractivity contribution >= 4 is 11.8 Å². The highest BCUT2D eigenvalue weighted by Crippen LogP contribution is 2.48. The zero-order valence-electron chi connectivity index (χ0n) is 19.1. The summed E-state index contributed by atoms with van der Waals surface area (Å²) >= 11 is 0. The Morgan fingerprint density at radius 1 is 1.09 bits per heavy atom. The first kappa shape index (κ1) is 21.2. The Hall–Kier alpha value is -2.67. The molecule has 3 aliphatic rings. The molecule has 0 atom stereocenters. The number of anilines is 1. The van der Waals surface area contributed by atoms with E-state index in [4.69, 9.17) is 4.74 Å². The van der Waals surface area contributed by atoms with Crippen molar-refractivity contribution in [2.75, 3.05) is 32.1 Å². The number of benzene rings is 1. The zero-order valence-corrected chi connectivity index (χ0v) is 19.1. The van der Waals surface area contributed by atoms with Crippen LogP contribution in [0.1, 0.15) is 50.5 Å². The summed E-state index contributed by atoms with van der Waals surface area (Å²) in [7, 11) is 3.64. The van der Waals surface area contributed by atoms with E-state index >= 15 is 0 Å². The molecule has 5 rings (SSSR count). The average molecular weight is 436 g/mol. The molecule has 2 heterocycles. The lowest BCUT2D eigenvalue weighted by Crippen LogP contribution is -2.56. The van der Waals surface area contributed by atoms with Crippen molar-refractivity contribution in [2.45, 2.75) is 56.0 Å². The molecule has 1 saturated heterocycles. The molecule has 1 aromatic heterocycles. The van der Waals surface area contributed by atoms with Gasteiger partial charge in [0.1, 0.15) is 0 Å². The summed E-state index contributed by atoms with van der Waals surface area (Å²) in [6.45, 7) is 1.48. The molecule has 7 nitrogen and oxygen atoms in total. The number of urea groups is 1. The molecule has 0 bridgehead atoms. The Balaban J connectivity index is 1.45. The summed E-state index contributed by atoms with van der Waals surface area (Å²) in [5.41, 5.74) is 1.11. The lowest BCUT2D eigenvalue weighted by molar-refractivity contribution is 0.0592. The van der Waals surface area contributed by atoms with Crippen molar-refractivity contribution in [1.29, 1.82) is 0 Å². The molecule has 0 radical (unpaired) electrons. The Morgan fingerprint density at radius 3 is 2.44 bits per heavy atom. The number of carbonyl (C=O) groups excluding carboxylic acids is 1. The highest BCUT2D eigenvalue weighted by molar-refractivity contribution is 5.95. The van der Waals surface area contributed by atoms with E-state index in [0.717, 1.165) is 32.2 Å². The fourth-order valence-corrected chi connectivity index (χ4v) is 5.82. The van der Waals surface area contributed by atoms with Crippen molar-refractivity contribution in [2.24, 2.45) is 5.92 Å². The first-order valence-corrected chi connectivity index (χ1v) is 11.8. The summed E-state index contributed by atoms with van der Waals surface area (Å²) in [6.07, 6.45) is 10.9. The summed E-state index contributed by atoms with van der Waals surface area (Å²) in [5, 5.41) is 3.63. The SMILES string of the molecule is CNC1(c2ccccc2)CCC2(CC1)CN(c1nccnc1OC)C(=O)N2CC1CCC1. The molecule has 3 fully saturated rings. The van der Waals surface area contributed by atoms with Crippen LogP contribution in [0.3, 0.4) is 0 Å². The van der Waals surface area contributed by atoms with Crippen molar-refractivity contribution in [3.05, 3.63) is 48.3 Å². The number of rotatable bonds is 6. The van der Waals surface area contributed by atoms with Crippen LogP contribution in [0.5, 0.6) is 5.88 Å². The second-order valence-corrected chi connectivity index (χ2v) is 9.59. The van der Waals surface area contributed by atoms with Crippen molar-refractivity contribution in [3.8, 4) is 5.88 Å². The third-order valence-corrected chi connectivity index (χ3v) is 8.09. The number of nitrogens with zero attached hydrogens (tertiary/aromatic N) is 4.